The molecule has 0 bridgehead atoms. The number of hydrogen-bond donors (Lipinski definition) is 2. The smallest absolute Gasteiger partial charge is 0.407 e. The van der Waals surface area contributed by atoms with Crippen molar-refractivity contribution in [3.05, 3.63) is 0 Å². The maximum Gasteiger partial charge on any atom is 0.407 e. The van der Waals surface area contributed by atoms with E-state index in [-0.39, 0.29) is 24.1 Å². The van der Waals surface area contributed by atoms with Gasteiger partial charge >= 0.3 is 18.0 Å². The predicted octanol–water partition coefficient (Wildman–Crippen LogP) is 6.82. The molecule has 0 rings (SSSR count). The van der Waals surface area contributed by atoms with E-state index in [1.807, 2.05) is 20.8 Å². The van der Waals surface area contributed by atoms with Gasteiger partial charge in [-0.2, -0.15) is 0 Å². The van der Waals surface area contributed by atoms with Gasteiger partial charge in [-0.3, -0.25) is 9.59 Å². The number of nitrogens with one attached hydrogen (secondary N) is 1. The number of carbonyl (C=O) groups is 3. The molecule has 220 valence electrons. The summed E-state index contributed by atoms with van der Waals surface area (Å²) < 4.78 is 16.0. The van der Waals surface area contributed by atoms with Gasteiger partial charge in [-0.1, -0.05) is 66.2 Å². The fourth-order valence-electron chi connectivity index (χ4n) is 3.51. The molecule has 0 saturated carbocycles. The minimum atomic E-state index is -0.504. The quantitative estimate of drug-likeness (QED) is 0.107. The maximum atomic E-state index is 11.8. The van der Waals surface area contributed by atoms with Crippen LogP contribution in [0.5, 0.6) is 0 Å². The van der Waals surface area contributed by atoms with E-state index in [0.29, 0.717) is 32.4 Å². The Morgan fingerprint density at radius 2 is 1.16 bits per heavy atom. The topological polar surface area (TPSA) is 117 Å². The van der Waals surface area contributed by atoms with Gasteiger partial charge in [0.1, 0.15) is 17.8 Å². The lowest BCUT2D eigenvalue weighted by molar-refractivity contribution is -0.150. The molecule has 3 N–H and O–H groups in total. The molecular weight excluding hydrogens is 472 g/mol. The van der Waals surface area contributed by atoms with Crippen molar-refractivity contribution in [1.82, 2.24) is 5.32 Å². The van der Waals surface area contributed by atoms with Gasteiger partial charge < -0.3 is 25.3 Å². The molecule has 0 aromatic rings. The molecule has 0 aromatic heterocycles. The van der Waals surface area contributed by atoms with Crippen molar-refractivity contribution < 1.29 is 28.6 Å². The summed E-state index contributed by atoms with van der Waals surface area (Å²) in [5, 5.41) is 2.64. The molecule has 1 amide bonds. The molecule has 0 aliphatic rings. The summed E-state index contributed by atoms with van der Waals surface area (Å²) in [4.78, 5) is 34.6. The Hall–Kier alpha value is -1.83. The first-order valence-electron chi connectivity index (χ1n) is 14.6. The molecule has 0 aliphatic carbocycles. The van der Waals surface area contributed by atoms with Crippen LogP contribution in [0.25, 0.3) is 0 Å². The molecule has 0 saturated heterocycles. The Labute approximate surface area is 227 Å². The average molecular weight is 531 g/mol. The second-order valence-electron chi connectivity index (χ2n) is 10.5. The lowest BCUT2D eigenvalue weighted by atomic mass is 10.1. The highest BCUT2D eigenvalue weighted by Crippen LogP contribution is 2.13. The molecule has 8 heteroatoms. The molecule has 0 spiro atoms. The van der Waals surface area contributed by atoms with Crippen LogP contribution in [0.3, 0.4) is 0 Å². The maximum absolute atomic E-state index is 11.8. The van der Waals surface area contributed by atoms with Gasteiger partial charge in [0.05, 0.1) is 0 Å². The summed E-state index contributed by atoms with van der Waals surface area (Å²) >= 11 is 0. The standard InChI is InChI=1S/C17H33NO4.C12H25NO2/c1-6-8-11-14(10-7-2)21-15(19)12-9-13-18-16(20)22-17(3,4)5;1-3-5-8-11(7-4-2)15-12(14)9-6-10-13/h14H,6-13H2,1-5H3,(H,18,20);11H,3-10,13H2,1-2H3. The van der Waals surface area contributed by atoms with Crippen LogP contribution in [-0.2, 0) is 23.8 Å². The third kappa shape index (κ3) is 27.0. The number of ether oxygens (including phenoxy) is 3. The molecule has 37 heavy (non-hydrogen) atoms. The average Bonchev–Trinajstić information content (AvgIpc) is 2.82. The predicted molar refractivity (Wildman–Crippen MR) is 150 cm³/mol. The van der Waals surface area contributed by atoms with Crippen LogP contribution in [0.2, 0.25) is 0 Å². The normalized spacial score (nSPS) is 12.5. The molecule has 0 fully saturated rings. The molecule has 0 radical (unpaired) electrons. The Balaban J connectivity index is 0. The SMILES string of the molecule is CCCCC(CCC)OC(=O)CCCN.CCCCC(CCC)OC(=O)CCCNC(=O)OC(C)(C)C. The molecule has 0 aliphatic heterocycles. The molecule has 8 nitrogen and oxygen atoms in total. The van der Waals surface area contributed by atoms with Crippen molar-refractivity contribution in [2.75, 3.05) is 13.1 Å². The Kier molecular flexibility index (Phi) is 24.7. The number of alkyl carbamates (subject to hydrolysis) is 1. The van der Waals surface area contributed by atoms with Crippen molar-refractivity contribution in [2.24, 2.45) is 5.73 Å². The van der Waals surface area contributed by atoms with Crippen molar-refractivity contribution in [3.8, 4) is 0 Å². The highest BCUT2D eigenvalue weighted by molar-refractivity contribution is 5.70. The highest BCUT2D eigenvalue weighted by Gasteiger charge is 2.16. The molecule has 0 heterocycles. The number of rotatable bonds is 19. The molecule has 2 unspecified atom stereocenters. The minimum absolute atomic E-state index is 0.0382. The highest BCUT2D eigenvalue weighted by atomic mass is 16.6. The van der Waals surface area contributed by atoms with Gasteiger partial charge in [-0.05, 0) is 65.8 Å². The first kappa shape index (κ1) is 37.3. The van der Waals surface area contributed by atoms with Gasteiger partial charge in [-0.15, -0.1) is 0 Å². The van der Waals surface area contributed by atoms with E-state index in [9.17, 15) is 14.4 Å². The first-order chi connectivity index (χ1) is 17.5. The van der Waals surface area contributed by atoms with E-state index in [1.54, 1.807) is 0 Å². The van der Waals surface area contributed by atoms with Gasteiger partial charge in [-0.25, -0.2) is 4.79 Å². The van der Waals surface area contributed by atoms with Crippen molar-refractivity contribution in [3.63, 3.8) is 0 Å². The van der Waals surface area contributed by atoms with Gasteiger partial charge in [0.2, 0.25) is 0 Å². The summed E-state index contributed by atoms with van der Waals surface area (Å²) in [6.45, 7) is 14.9. The number of esters is 2. The summed E-state index contributed by atoms with van der Waals surface area (Å²) in [5.74, 6) is -0.268. The first-order valence-corrected chi connectivity index (χ1v) is 14.6. The zero-order valence-electron chi connectivity index (χ0n) is 25.0. The van der Waals surface area contributed by atoms with E-state index >= 15 is 0 Å². The molecule has 0 aromatic carbocycles. The van der Waals surface area contributed by atoms with E-state index in [1.165, 1.54) is 0 Å². The zero-order chi connectivity index (χ0) is 28.5. The monoisotopic (exact) mass is 530 g/mol. The fourth-order valence-corrected chi connectivity index (χ4v) is 3.51. The lowest BCUT2D eigenvalue weighted by Gasteiger charge is -2.19. The van der Waals surface area contributed by atoms with Crippen molar-refractivity contribution in [1.29, 1.82) is 0 Å². The summed E-state index contributed by atoms with van der Waals surface area (Å²) in [6.07, 6.45) is 12.2. The van der Waals surface area contributed by atoms with Gasteiger partial charge in [0.25, 0.3) is 0 Å². The number of amides is 1. The Morgan fingerprint density at radius 3 is 1.54 bits per heavy atom. The van der Waals surface area contributed by atoms with Crippen LogP contribution in [-0.4, -0.2) is 48.9 Å². The largest absolute Gasteiger partial charge is 0.462 e. The number of hydrogen-bond acceptors (Lipinski definition) is 7. The third-order valence-corrected chi connectivity index (χ3v) is 5.39. The van der Waals surface area contributed by atoms with E-state index in [4.69, 9.17) is 19.9 Å². The van der Waals surface area contributed by atoms with Gasteiger partial charge in [0, 0.05) is 19.4 Å². The summed E-state index contributed by atoms with van der Waals surface area (Å²) in [5.41, 5.74) is 4.83. The van der Waals surface area contributed by atoms with E-state index in [2.05, 4.69) is 33.0 Å². The third-order valence-electron chi connectivity index (χ3n) is 5.39. The second-order valence-corrected chi connectivity index (χ2v) is 10.5. The number of carbonyl (C=O) groups excluding carboxylic acids is 3. The van der Waals surface area contributed by atoms with Crippen LogP contribution >= 0.6 is 0 Å². The molecule has 2 atom stereocenters. The van der Waals surface area contributed by atoms with Crippen molar-refractivity contribution >= 4 is 18.0 Å². The lowest BCUT2D eigenvalue weighted by Crippen LogP contribution is -2.33. The Bertz CT molecular complexity index is 577. The second kappa shape index (κ2) is 24.5. The zero-order valence-corrected chi connectivity index (χ0v) is 25.0. The van der Waals surface area contributed by atoms with Crippen molar-refractivity contribution in [2.45, 2.75) is 156 Å². The van der Waals surface area contributed by atoms with Crippen LogP contribution in [0.4, 0.5) is 4.79 Å². The van der Waals surface area contributed by atoms with E-state index < -0.39 is 11.7 Å². The number of nitrogens with two attached hydrogens (primary N) is 1. The van der Waals surface area contributed by atoms with Crippen LogP contribution in [0.15, 0.2) is 0 Å². The van der Waals surface area contributed by atoms with Gasteiger partial charge in [0.15, 0.2) is 0 Å². The van der Waals surface area contributed by atoms with Crippen LogP contribution < -0.4 is 11.1 Å². The van der Waals surface area contributed by atoms with Crippen LogP contribution in [0.1, 0.15) is 138 Å². The summed E-state index contributed by atoms with van der Waals surface area (Å²) in [7, 11) is 0. The minimum Gasteiger partial charge on any atom is -0.462 e. The fraction of sp³-hybridized carbons (Fsp3) is 0.897. The summed E-state index contributed by atoms with van der Waals surface area (Å²) in [6, 6.07) is 0. The number of unbranched alkanes of at least 4 members (excludes halogenated alkanes) is 2. The molecular formula is C29H58N2O6. The Morgan fingerprint density at radius 1 is 0.703 bits per heavy atom. The van der Waals surface area contributed by atoms with Crippen LogP contribution in [0, 0.1) is 0 Å². The van der Waals surface area contributed by atoms with E-state index in [0.717, 1.165) is 70.6 Å².